The average Bonchev–Trinajstić information content (AvgIpc) is 2.80. The molecule has 0 amide bonds. The number of hydrogen-bond acceptors (Lipinski definition) is 6. The van der Waals surface area contributed by atoms with Gasteiger partial charge in [-0.3, -0.25) is 9.97 Å². The fraction of sp³-hybridized carbons (Fsp3) is 0.182. The largest absolute Gasteiger partial charge is 0.352 e. The topological polar surface area (TPSA) is 58.0 Å². The molecule has 28 heavy (non-hydrogen) atoms. The second-order valence-corrected chi connectivity index (χ2v) is 6.84. The van der Waals surface area contributed by atoms with Gasteiger partial charge >= 0.3 is 0 Å². The third kappa shape index (κ3) is 3.24. The molecule has 2 aromatic heterocycles. The summed E-state index contributed by atoms with van der Waals surface area (Å²) in [5, 5.41) is 0. The predicted octanol–water partition coefficient (Wildman–Crippen LogP) is 3.41. The molecule has 0 unspecified atom stereocenters. The van der Waals surface area contributed by atoms with Gasteiger partial charge in [0.15, 0.2) is 0 Å². The van der Waals surface area contributed by atoms with Gasteiger partial charge in [0.05, 0.1) is 23.4 Å². The van der Waals surface area contributed by atoms with Crippen LogP contribution in [0.15, 0.2) is 73.3 Å². The molecule has 0 radical (unpaired) electrons. The van der Waals surface area contributed by atoms with Crippen LogP contribution in [0.2, 0.25) is 0 Å². The van der Waals surface area contributed by atoms with Crippen LogP contribution in [0.1, 0.15) is 0 Å². The Morgan fingerprint density at radius 2 is 1.43 bits per heavy atom. The van der Waals surface area contributed by atoms with E-state index in [-0.39, 0.29) is 0 Å². The Morgan fingerprint density at radius 1 is 0.643 bits per heavy atom. The standard InChI is InChI=1S/C22H20N6/c1-2-4-17(5-3-1)18-6-7-19-20(14-18)26-22(16-25-19)28-12-10-27(11-13-28)21-15-23-8-9-24-21/h1-9,14-16H,10-13H2. The smallest absolute Gasteiger partial charge is 0.147 e. The molecule has 1 saturated heterocycles. The van der Waals surface area contributed by atoms with Gasteiger partial charge in [0.25, 0.3) is 0 Å². The van der Waals surface area contributed by atoms with Gasteiger partial charge in [-0.25, -0.2) is 9.97 Å². The number of anilines is 2. The molecule has 5 rings (SSSR count). The highest BCUT2D eigenvalue weighted by atomic mass is 15.3. The number of benzene rings is 2. The normalized spacial score (nSPS) is 14.4. The zero-order chi connectivity index (χ0) is 18.8. The first-order chi connectivity index (χ1) is 13.9. The van der Waals surface area contributed by atoms with Gasteiger partial charge in [-0.1, -0.05) is 36.4 Å². The summed E-state index contributed by atoms with van der Waals surface area (Å²) in [6.07, 6.45) is 7.13. The van der Waals surface area contributed by atoms with Gasteiger partial charge in [0, 0.05) is 38.6 Å². The summed E-state index contributed by atoms with van der Waals surface area (Å²) in [5.74, 6) is 1.86. The zero-order valence-corrected chi connectivity index (χ0v) is 15.4. The number of hydrogen-bond donors (Lipinski definition) is 0. The maximum absolute atomic E-state index is 4.90. The Morgan fingerprint density at radius 3 is 2.18 bits per heavy atom. The summed E-state index contributed by atoms with van der Waals surface area (Å²) in [5.41, 5.74) is 4.19. The highest BCUT2D eigenvalue weighted by Crippen LogP contribution is 2.24. The highest BCUT2D eigenvalue weighted by Gasteiger charge is 2.19. The summed E-state index contributed by atoms with van der Waals surface area (Å²) >= 11 is 0. The Balaban J connectivity index is 1.38. The van der Waals surface area contributed by atoms with Crippen molar-refractivity contribution in [3.05, 3.63) is 73.3 Å². The predicted molar refractivity (Wildman–Crippen MR) is 111 cm³/mol. The Labute approximate surface area is 163 Å². The monoisotopic (exact) mass is 368 g/mol. The third-order valence-corrected chi connectivity index (χ3v) is 5.11. The van der Waals surface area contributed by atoms with E-state index < -0.39 is 0 Å². The van der Waals surface area contributed by atoms with E-state index >= 15 is 0 Å². The molecule has 1 aliphatic heterocycles. The van der Waals surface area contributed by atoms with Gasteiger partial charge in [-0.05, 0) is 23.3 Å². The van der Waals surface area contributed by atoms with Gasteiger partial charge in [0.2, 0.25) is 0 Å². The van der Waals surface area contributed by atoms with Crippen molar-refractivity contribution in [3.63, 3.8) is 0 Å². The minimum atomic E-state index is 0.884. The van der Waals surface area contributed by atoms with Crippen LogP contribution in [-0.4, -0.2) is 46.1 Å². The number of aromatic nitrogens is 4. The van der Waals surface area contributed by atoms with E-state index in [0.29, 0.717) is 0 Å². The van der Waals surface area contributed by atoms with Crippen LogP contribution >= 0.6 is 0 Å². The fourth-order valence-corrected chi connectivity index (χ4v) is 3.58. The highest BCUT2D eigenvalue weighted by molar-refractivity contribution is 5.82. The Kier molecular flexibility index (Phi) is 4.29. The van der Waals surface area contributed by atoms with E-state index in [0.717, 1.165) is 54.4 Å². The minimum absolute atomic E-state index is 0.884. The van der Waals surface area contributed by atoms with Crippen molar-refractivity contribution >= 4 is 22.7 Å². The first kappa shape index (κ1) is 16.6. The second kappa shape index (κ2) is 7.23. The van der Waals surface area contributed by atoms with Crippen molar-refractivity contribution in [1.82, 2.24) is 19.9 Å². The van der Waals surface area contributed by atoms with Crippen molar-refractivity contribution in [3.8, 4) is 11.1 Å². The second-order valence-electron chi connectivity index (χ2n) is 6.84. The number of piperazine rings is 1. The minimum Gasteiger partial charge on any atom is -0.352 e. The summed E-state index contributed by atoms with van der Waals surface area (Å²) < 4.78 is 0. The van der Waals surface area contributed by atoms with Crippen LogP contribution in [0.4, 0.5) is 11.6 Å². The summed E-state index contributed by atoms with van der Waals surface area (Å²) in [6, 6.07) is 16.6. The van der Waals surface area contributed by atoms with Gasteiger partial charge in [-0.15, -0.1) is 0 Å². The first-order valence-corrected chi connectivity index (χ1v) is 9.45. The van der Waals surface area contributed by atoms with Crippen molar-refractivity contribution < 1.29 is 0 Å². The molecular weight excluding hydrogens is 348 g/mol. The van der Waals surface area contributed by atoms with Crippen LogP contribution in [0.3, 0.4) is 0 Å². The number of nitrogens with zero attached hydrogens (tertiary/aromatic N) is 6. The lowest BCUT2D eigenvalue weighted by atomic mass is 10.1. The lowest BCUT2D eigenvalue weighted by molar-refractivity contribution is 0.640. The van der Waals surface area contributed by atoms with Crippen LogP contribution < -0.4 is 9.80 Å². The Bertz CT molecular complexity index is 1080. The fourth-order valence-electron chi connectivity index (χ4n) is 3.58. The number of fused-ring (bicyclic) bond motifs is 1. The summed E-state index contributed by atoms with van der Waals surface area (Å²) in [6.45, 7) is 3.55. The third-order valence-electron chi connectivity index (χ3n) is 5.11. The van der Waals surface area contributed by atoms with Gasteiger partial charge in [0.1, 0.15) is 11.6 Å². The van der Waals surface area contributed by atoms with Crippen molar-refractivity contribution in [1.29, 1.82) is 0 Å². The molecule has 0 atom stereocenters. The first-order valence-electron chi connectivity index (χ1n) is 9.45. The molecule has 0 N–H and O–H groups in total. The molecule has 1 aliphatic rings. The van der Waals surface area contributed by atoms with E-state index in [1.807, 2.05) is 24.5 Å². The quantitative estimate of drug-likeness (QED) is 0.552. The molecular formula is C22H20N6. The van der Waals surface area contributed by atoms with E-state index in [2.05, 4.69) is 61.1 Å². The van der Waals surface area contributed by atoms with Gasteiger partial charge < -0.3 is 9.80 Å². The zero-order valence-electron chi connectivity index (χ0n) is 15.4. The summed E-state index contributed by atoms with van der Waals surface area (Å²) in [7, 11) is 0. The SMILES string of the molecule is c1ccc(-c2ccc3ncc(N4CCN(c5cnccn5)CC4)nc3c2)cc1. The van der Waals surface area contributed by atoms with E-state index in [4.69, 9.17) is 4.98 Å². The molecule has 0 saturated carbocycles. The molecule has 4 aromatic rings. The Hall–Kier alpha value is -3.54. The van der Waals surface area contributed by atoms with E-state index in [1.165, 1.54) is 5.56 Å². The number of rotatable bonds is 3. The van der Waals surface area contributed by atoms with Crippen molar-refractivity contribution in [2.75, 3.05) is 36.0 Å². The van der Waals surface area contributed by atoms with Crippen LogP contribution in [0, 0.1) is 0 Å². The molecule has 0 aliphatic carbocycles. The molecule has 2 aromatic carbocycles. The lowest BCUT2D eigenvalue weighted by Crippen LogP contribution is -2.47. The van der Waals surface area contributed by atoms with E-state index in [9.17, 15) is 0 Å². The van der Waals surface area contributed by atoms with E-state index in [1.54, 1.807) is 12.4 Å². The van der Waals surface area contributed by atoms with Crippen molar-refractivity contribution in [2.45, 2.75) is 0 Å². The summed E-state index contributed by atoms with van der Waals surface area (Å²) in [4.78, 5) is 22.6. The molecule has 6 heteroatoms. The van der Waals surface area contributed by atoms with Crippen molar-refractivity contribution in [2.24, 2.45) is 0 Å². The lowest BCUT2D eigenvalue weighted by Gasteiger charge is -2.35. The van der Waals surface area contributed by atoms with Crippen LogP contribution in [-0.2, 0) is 0 Å². The maximum Gasteiger partial charge on any atom is 0.147 e. The van der Waals surface area contributed by atoms with Crippen LogP contribution in [0.25, 0.3) is 22.2 Å². The molecule has 6 nitrogen and oxygen atoms in total. The molecule has 138 valence electrons. The molecule has 3 heterocycles. The van der Waals surface area contributed by atoms with Gasteiger partial charge in [-0.2, -0.15) is 0 Å². The molecule has 0 bridgehead atoms. The van der Waals surface area contributed by atoms with Crippen LogP contribution in [0.5, 0.6) is 0 Å². The maximum atomic E-state index is 4.90. The molecule has 1 fully saturated rings. The average molecular weight is 368 g/mol. The molecule has 0 spiro atoms.